The third-order valence-corrected chi connectivity index (χ3v) is 5.09. The van der Waals surface area contributed by atoms with Crippen LogP contribution < -0.4 is 9.13 Å². The number of aromatic nitrogens is 4. The fraction of sp³-hybridized carbons (Fsp3) is 0.200. The zero-order valence-corrected chi connectivity index (χ0v) is 17.0. The molecular formula is C25H26N4+2. The van der Waals surface area contributed by atoms with Gasteiger partial charge >= 0.3 is 0 Å². The van der Waals surface area contributed by atoms with Crippen LogP contribution in [0.2, 0.25) is 0 Å². The van der Waals surface area contributed by atoms with E-state index in [0.717, 1.165) is 30.8 Å². The molecule has 0 unspecified atom stereocenters. The summed E-state index contributed by atoms with van der Waals surface area (Å²) in [5.74, 6) is 0. The second-order valence-corrected chi connectivity index (χ2v) is 7.45. The van der Waals surface area contributed by atoms with Crippen LogP contribution in [0.1, 0.15) is 17.5 Å². The number of hydrogen-bond acceptors (Lipinski definition) is 2. The fourth-order valence-electron chi connectivity index (χ4n) is 3.40. The molecule has 0 fully saturated rings. The molecule has 0 N–H and O–H groups in total. The van der Waals surface area contributed by atoms with Crippen LogP contribution in [0, 0.1) is 6.92 Å². The van der Waals surface area contributed by atoms with Gasteiger partial charge in [-0.1, -0.05) is 0 Å². The van der Waals surface area contributed by atoms with Gasteiger partial charge in [-0.05, 0) is 59.9 Å². The quantitative estimate of drug-likeness (QED) is 0.475. The molecule has 144 valence electrons. The van der Waals surface area contributed by atoms with Crippen molar-refractivity contribution < 1.29 is 9.13 Å². The summed E-state index contributed by atoms with van der Waals surface area (Å²) in [7, 11) is 2.03. The van der Waals surface area contributed by atoms with Gasteiger partial charge in [0.25, 0.3) is 0 Å². The standard InChI is InChI=1S/C25H26N4/c1-20-5-11-26-24(18-20)25-19-21(6-12-27-25)4-3-13-29-16-9-23(10-17-29)22-7-14-28(2)15-8-22/h5-12,14-19H,3-4,13H2,1-2H3/q+2. The lowest BCUT2D eigenvalue weighted by Crippen LogP contribution is -2.32. The molecule has 4 heteroatoms. The predicted octanol–water partition coefficient (Wildman–Crippen LogP) is 3.86. The van der Waals surface area contributed by atoms with Crippen molar-refractivity contribution in [3.8, 4) is 22.5 Å². The second kappa shape index (κ2) is 8.74. The van der Waals surface area contributed by atoms with Crippen molar-refractivity contribution >= 4 is 0 Å². The number of nitrogens with zero attached hydrogens (tertiary/aromatic N) is 4. The first-order valence-electron chi connectivity index (χ1n) is 10.0. The first-order chi connectivity index (χ1) is 14.2. The molecule has 29 heavy (non-hydrogen) atoms. The van der Waals surface area contributed by atoms with Gasteiger partial charge in [-0.2, -0.15) is 0 Å². The molecule has 0 atom stereocenters. The third kappa shape index (κ3) is 4.91. The average molecular weight is 383 g/mol. The van der Waals surface area contributed by atoms with Crippen molar-refractivity contribution in [3.63, 3.8) is 0 Å². The Balaban J connectivity index is 1.37. The van der Waals surface area contributed by atoms with E-state index in [2.05, 4.69) is 88.7 Å². The topological polar surface area (TPSA) is 33.5 Å². The summed E-state index contributed by atoms with van der Waals surface area (Å²) in [5, 5.41) is 0. The molecule has 0 saturated carbocycles. The van der Waals surface area contributed by atoms with Crippen LogP contribution in [0.15, 0.2) is 85.7 Å². The summed E-state index contributed by atoms with van der Waals surface area (Å²) < 4.78 is 4.29. The Morgan fingerprint density at radius 3 is 2.07 bits per heavy atom. The Labute approximate surface area is 172 Å². The monoisotopic (exact) mass is 382 g/mol. The van der Waals surface area contributed by atoms with E-state index >= 15 is 0 Å². The minimum absolute atomic E-state index is 0.936. The van der Waals surface area contributed by atoms with Crippen molar-refractivity contribution in [3.05, 3.63) is 96.8 Å². The Kier molecular flexibility index (Phi) is 5.71. The molecule has 0 spiro atoms. The number of aryl methyl sites for hydroxylation is 4. The van der Waals surface area contributed by atoms with Crippen molar-refractivity contribution in [2.24, 2.45) is 7.05 Å². The highest BCUT2D eigenvalue weighted by Gasteiger charge is 2.06. The minimum Gasteiger partial charge on any atom is -0.255 e. The highest BCUT2D eigenvalue weighted by atomic mass is 14.9. The summed E-state index contributed by atoms with van der Waals surface area (Å²) in [6.45, 7) is 3.07. The van der Waals surface area contributed by atoms with E-state index < -0.39 is 0 Å². The highest BCUT2D eigenvalue weighted by molar-refractivity contribution is 5.61. The average Bonchev–Trinajstić information content (AvgIpc) is 2.75. The van der Waals surface area contributed by atoms with Crippen molar-refractivity contribution in [2.45, 2.75) is 26.3 Å². The molecule has 4 nitrogen and oxygen atoms in total. The molecule has 4 aromatic heterocycles. The van der Waals surface area contributed by atoms with E-state index in [1.165, 1.54) is 22.3 Å². The summed E-state index contributed by atoms with van der Waals surface area (Å²) in [5.41, 5.74) is 6.86. The summed E-state index contributed by atoms with van der Waals surface area (Å²) in [4.78, 5) is 8.94. The van der Waals surface area contributed by atoms with E-state index in [9.17, 15) is 0 Å². The van der Waals surface area contributed by atoms with Crippen molar-refractivity contribution in [1.29, 1.82) is 0 Å². The molecule has 0 amide bonds. The lowest BCUT2D eigenvalue weighted by molar-refractivity contribution is -0.697. The van der Waals surface area contributed by atoms with Crippen LogP contribution in [0.3, 0.4) is 0 Å². The van der Waals surface area contributed by atoms with E-state index in [4.69, 9.17) is 0 Å². The van der Waals surface area contributed by atoms with Gasteiger partial charge < -0.3 is 0 Å². The second-order valence-electron chi connectivity index (χ2n) is 7.45. The Bertz CT molecular complexity index is 1090. The maximum Gasteiger partial charge on any atom is 0.169 e. The zero-order chi connectivity index (χ0) is 20.1. The smallest absolute Gasteiger partial charge is 0.169 e. The van der Waals surface area contributed by atoms with Gasteiger partial charge in [0.05, 0.1) is 11.4 Å². The molecule has 4 rings (SSSR count). The van der Waals surface area contributed by atoms with Gasteiger partial charge in [0.1, 0.15) is 13.6 Å². The largest absolute Gasteiger partial charge is 0.255 e. The fourth-order valence-corrected chi connectivity index (χ4v) is 3.40. The van der Waals surface area contributed by atoms with Gasteiger partial charge in [-0.25, -0.2) is 9.13 Å². The molecule has 0 aliphatic carbocycles. The van der Waals surface area contributed by atoms with Crippen LogP contribution in [0.25, 0.3) is 22.5 Å². The van der Waals surface area contributed by atoms with Crippen LogP contribution in [0.4, 0.5) is 0 Å². The van der Waals surface area contributed by atoms with Crippen LogP contribution in [-0.4, -0.2) is 9.97 Å². The predicted molar refractivity (Wildman–Crippen MR) is 114 cm³/mol. The van der Waals surface area contributed by atoms with Gasteiger partial charge in [0, 0.05) is 43.1 Å². The minimum atomic E-state index is 0.936. The summed E-state index contributed by atoms with van der Waals surface area (Å²) >= 11 is 0. The lowest BCUT2D eigenvalue weighted by atomic mass is 10.1. The Hall–Kier alpha value is -3.40. The van der Waals surface area contributed by atoms with Gasteiger partial charge in [-0.3, -0.25) is 9.97 Å². The van der Waals surface area contributed by atoms with Crippen LogP contribution >= 0.6 is 0 Å². The number of pyridine rings is 4. The lowest BCUT2D eigenvalue weighted by Gasteiger charge is -2.05. The normalized spacial score (nSPS) is 10.8. The van der Waals surface area contributed by atoms with Crippen LogP contribution in [-0.2, 0) is 20.0 Å². The van der Waals surface area contributed by atoms with Gasteiger partial charge in [-0.15, -0.1) is 0 Å². The molecule has 0 bridgehead atoms. The summed E-state index contributed by atoms with van der Waals surface area (Å²) in [6, 6.07) is 17.0. The number of rotatable bonds is 6. The highest BCUT2D eigenvalue weighted by Crippen LogP contribution is 2.18. The first-order valence-corrected chi connectivity index (χ1v) is 10.0. The summed E-state index contributed by atoms with van der Waals surface area (Å²) in [6.07, 6.45) is 14.3. The van der Waals surface area contributed by atoms with E-state index in [1.54, 1.807) is 0 Å². The molecule has 0 saturated heterocycles. The molecule has 4 heterocycles. The van der Waals surface area contributed by atoms with E-state index in [1.807, 2.05) is 30.1 Å². The van der Waals surface area contributed by atoms with Crippen molar-refractivity contribution in [2.75, 3.05) is 0 Å². The van der Waals surface area contributed by atoms with Crippen molar-refractivity contribution in [1.82, 2.24) is 9.97 Å². The molecular weight excluding hydrogens is 356 g/mol. The van der Waals surface area contributed by atoms with E-state index in [-0.39, 0.29) is 0 Å². The third-order valence-electron chi connectivity index (χ3n) is 5.09. The maximum absolute atomic E-state index is 4.49. The van der Waals surface area contributed by atoms with Gasteiger partial charge in [0.15, 0.2) is 24.8 Å². The molecule has 0 aromatic carbocycles. The SMILES string of the molecule is Cc1ccnc(-c2cc(CCC[n+]3ccc(-c4cc[n+](C)cc4)cc3)ccn2)c1. The van der Waals surface area contributed by atoms with Crippen LogP contribution in [0.5, 0.6) is 0 Å². The number of hydrogen-bond donors (Lipinski definition) is 0. The first kappa shape index (κ1) is 18.9. The Morgan fingerprint density at radius 2 is 1.38 bits per heavy atom. The zero-order valence-electron chi connectivity index (χ0n) is 17.0. The molecule has 0 radical (unpaired) electrons. The molecule has 0 aliphatic heterocycles. The maximum atomic E-state index is 4.49. The molecule has 0 aliphatic rings. The van der Waals surface area contributed by atoms with Gasteiger partial charge in [0.2, 0.25) is 0 Å². The molecule has 4 aromatic rings. The Morgan fingerprint density at radius 1 is 0.759 bits per heavy atom. The van der Waals surface area contributed by atoms with E-state index in [0.29, 0.717) is 0 Å².